The highest BCUT2D eigenvalue weighted by molar-refractivity contribution is 5.46. The van der Waals surface area contributed by atoms with E-state index in [0.29, 0.717) is 18.9 Å². The van der Waals surface area contributed by atoms with Crippen molar-refractivity contribution in [2.24, 2.45) is 5.73 Å². The standard InChI is InChI=1S/C18H23FN2O/c1-21(2)17-8-6-14(7-9-17)15(13-20)10-11-22-18-5-3-4-16(19)12-18/h3-9,12,15H,10-11,13,20H2,1-2H3. The van der Waals surface area contributed by atoms with Crippen molar-refractivity contribution in [3.8, 4) is 5.75 Å². The Hall–Kier alpha value is -2.07. The number of benzene rings is 2. The van der Waals surface area contributed by atoms with Crippen molar-refractivity contribution in [3.05, 3.63) is 59.9 Å². The fourth-order valence-electron chi connectivity index (χ4n) is 2.34. The van der Waals surface area contributed by atoms with Crippen molar-refractivity contribution in [2.75, 3.05) is 32.1 Å². The Labute approximate surface area is 131 Å². The second-order valence-corrected chi connectivity index (χ2v) is 5.51. The molecular weight excluding hydrogens is 279 g/mol. The van der Waals surface area contributed by atoms with Crippen LogP contribution in [0.3, 0.4) is 0 Å². The van der Waals surface area contributed by atoms with E-state index in [1.165, 1.54) is 17.7 Å². The highest BCUT2D eigenvalue weighted by Gasteiger charge is 2.10. The number of rotatable bonds is 7. The number of hydrogen-bond acceptors (Lipinski definition) is 3. The predicted molar refractivity (Wildman–Crippen MR) is 89.1 cm³/mol. The van der Waals surface area contributed by atoms with Crippen LogP contribution in [0.5, 0.6) is 5.75 Å². The monoisotopic (exact) mass is 302 g/mol. The first kappa shape index (κ1) is 16.3. The SMILES string of the molecule is CN(C)c1ccc(C(CN)CCOc2cccc(F)c2)cc1. The minimum atomic E-state index is -0.285. The van der Waals surface area contributed by atoms with E-state index >= 15 is 0 Å². The molecule has 0 heterocycles. The highest BCUT2D eigenvalue weighted by Crippen LogP contribution is 2.22. The van der Waals surface area contributed by atoms with Crippen LogP contribution in [-0.4, -0.2) is 27.2 Å². The molecule has 0 amide bonds. The Morgan fingerprint density at radius 3 is 2.45 bits per heavy atom. The van der Waals surface area contributed by atoms with Crippen LogP contribution in [0.25, 0.3) is 0 Å². The number of nitrogens with zero attached hydrogens (tertiary/aromatic N) is 1. The third-order valence-corrected chi connectivity index (χ3v) is 3.70. The van der Waals surface area contributed by atoms with Gasteiger partial charge in [0.05, 0.1) is 6.61 Å². The zero-order valence-electron chi connectivity index (χ0n) is 13.1. The van der Waals surface area contributed by atoms with Gasteiger partial charge in [0.25, 0.3) is 0 Å². The number of halogens is 1. The Morgan fingerprint density at radius 1 is 1.14 bits per heavy atom. The highest BCUT2D eigenvalue weighted by atomic mass is 19.1. The molecule has 0 saturated carbocycles. The molecule has 118 valence electrons. The molecule has 0 aliphatic carbocycles. The van der Waals surface area contributed by atoms with Crippen LogP contribution in [0.4, 0.5) is 10.1 Å². The van der Waals surface area contributed by atoms with E-state index < -0.39 is 0 Å². The lowest BCUT2D eigenvalue weighted by atomic mass is 9.96. The normalized spacial score (nSPS) is 12.0. The van der Waals surface area contributed by atoms with Gasteiger partial charge in [-0.05, 0) is 48.7 Å². The number of hydrogen-bond donors (Lipinski definition) is 1. The zero-order valence-corrected chi connectivity index (χ0v) is 13.1. The first-order valence-electron chi connectivity index (χ1n) is 7.46. The fraction of sp³-hybridized carbons (Fsp3) is 0.333. The van der Waals surface area contributed by atoms with Crippen molar-refractivity contribution in [3.63, 3.8) is 0 Å². The third-order valence-electron chi connectivity index (χ3n) is 3.70. The molecule has 0 bridgehead atoms. The summed E-state index contributed by atoms with van der Waals surface area (Å²) in [6.45, 7) is 1.08. The lowest BCUT2D eigenvalue weighted by Crippen LogP contribution is -2.16. The van der Waals surface area contributed by atoms with Crippen LogP contribution >= 0.6 is 0 Å². The molecule has 0 spiro atoms. The summed E-state index contributed by atoms with van der Waals surface area (Å²) in [6.07, 6.45) is 0.800. The average Bonchev–Trinajstić information content (AvgIpc) is 2.52. The average molecular weight is 302 g/mol. The molecule has 3 nitrogen and oxygen atoms in total. The minimum Gasteiger partial charge on any atom is -0.493 e. The topological polar surface area (TPSA) is 38.5 Å². The molecule has 0 aliphatic heterocycles. The first-order valence-corrected chi connectivity index (χ1v) is 7.46. The van der Waals surface area contributed by atoms with Crippen molar-refractivity contribution < 1.29 is 9.13 Å². The van der Waals surface area contributed by atoms with E-state index in [1.807, 2.05) is 14.1 Å². The lowest BCUT2D eigenvalue weighted by molar-refractivity contribution is 0.297. The van der Waals surface area contributed by atoms with Gasteiger partial charge in [0.15, 0.2) is 0 Å². The third kappa shape index (κ3) is 4.46. The molecule has 1 atom stereocenters. The summed E-state index contributed by atoms with van der Waals surface area (Å²) in [5.74, 6) is 0.510. The van der Waals surface area contributed by atoms with Crippen LogP contribution in [0.2, 0.25) is 0 Å². The van der Waals surface area contributed by atoms with Crippen molar-refractivity contribution >= 4 is 5.69 Å². The summed E-state index contributed by atoms with van der Waals surface area (Å²) in [5, 5.41) is 0. The molecule has 2 aromatic rings. The van der Waals surface area contributed by atoms with E-state index in [-0.39, 0.29) is 11.7 Å². The van der Waals surface area contributed by atoms with Gasteiger partial charge in [-0.25, -0.2) is 4.39 Å². The smallest absolute Gasteiger partial charge is 0.126 e. The summed E-state index contributed by atoms with van der Waals surface area (Å²) in [5.41, 5.74) is 8.25. The van der Waals surface area contributed by atoms with E-state index in [1.54, 1.807) is 12.1 Å². The molecule has 4 heteroatoms. The van der Waals surface area contributed by atoms with Crippen molar-refractivity contribution in [2.45, 2.75) is 12.3 Å². The van der Waals surface area contributed by atoms with Crippen molar-refractivity contribution in [1.29, 1.82) is 0 Å². The molecular formula is C18H23FN2O. The molecule has 0 aliphatic rings. The van der Waals surface area contributed by atoms with Crippen LogP contribution < -0.4 is 15.4 Å². The summed E-state index contributed by atoms with van der Waals surface area (Å²) in [7, 11) is 4.03. The Balaban J connectivity index is 1.91. The summed E-state index contributed by atoms with van der Waals surface area (Å²) >= 11 is 0. The maximum Gasteiger partial charge on any atom is 0.126 e. The van der Waals surface area contributed by atoms with Gasteiger partial charge < -0.3 is 15.4 Å². The van der Waals surface area contributed by atoms with E-state index in [4.69, 9.17) is 10.5 Å². The van der Waals surface area contributed by atoms with Gasteiger partial charge in [-0.1, -0.05) is 18.2 Å². The maximum absolute atomic E-state index is 13.1. The number of nitrogens with two attached hydrogens (primary N) is 1. The predicted octanol–water partition coefficient (Wildman–Crippen LogP) is 3.40. The molecule has 2 N–H and O–H groups in total. The van der Waals surface area contributed by atoms with E-state index in [9.17, 15) is 4.39 Å². The lowest BCUT2D eigenvalue weighted by Gasteiger charge is -2.18. The fourth-order valence-corrected chi connectivity index (χ4v) is 2.34. The maximum atomic E-state index is 13.1. The molecule has 0 fully saturated rings. The minimum absolute atomic E-state index is 0.241. The Morgan fingerprint density at radius 2 is 1.86 bits per heavy atom. The largest absolute Gasteiger partial charge is 0.493 e. The summed E-state index contributed by atoms with van der Waals surface area (Å²) < 4.78 is 18.7. The number of anilines is 1. The quantitative estimate of drug-likeness (QED) is 0.852. The van der Waals surface area contributed by atoms with Crippen LogP contribution in [-0.2, 0) is 0 Å². The molecule has 0 saturated heterocycles. The zero-order chi connectivity index (χ0) is 15.9. The van der Waals surface area contributed by atoms with Gasteiger partial charge >= 0.3 is 0 Å². The second-order valence-electron chi connectivity index (χ2n) is 5.51. The summed E-state index contributed by atoms with van der Waals surface area (Å²) in [4.78, 5) is 2.06. The molecule has 0 radical (unpaired) electrons. The molecule has 2 aromatic carbocycles. The molecule has 22 heavy (non-hydrogen) atoms. The van der Waals surface area contributed by atoms with E-state index in [2.05, 4.69) is 29.2 Å². The van der Waals surface area contributed by atoms with Gasteiger partial charge in [0.2, 0.25) is 0 Å². The van der Waals surface area contributed by atoms with Crippen LogP contribution in [0, 0.1) is 5.82 Å². The van der Waals surface area contributed by atoms with Crippen LogP contribution in [0.1, 0.15) is 17.9 Å². The Kier molecular flexibility index (Phi) is 5.78. The number of ether oxygens (including phenoxy) is 1. The van der Waals surface area contributed by atoms with Crippen LogP contribution in [0.15, 0.2) is 48.5 Å². The first-order chi connectivity index (χ1) is 10.6. The Bertz CT molecular complexity index is 584. The van der Waals surface area contributed by atoms with Gasteiger partial charge in [0.1, 0.15) is 11.6 Å². The van der Waals surface area contributed by atoms with Gasteiger partial charge in [-0.15, -0.1) is 0 Å². The van der Waals surface area contributed by atoms with Gasteiger partial charge in [-0.2, -0.15) is 0 Å². The van der Waals surface area contributed by atoms with Crippen molar-refractivity contribution in [1.82, 2.24) is 0 Å². The molecule has 2 rings (SSSR count). The van der Waals surface area contributed by atoms with Gasteiger partial charge in [-0.3, -0.25) is 0 Å². The molecule has 1 unspecified atom stereocenters. The second kappa shape index (κ2) is 7.80. The van der Waals surface area contributed by atoms with E-state index in [0.717, 1.165) is 12.1 Å². The summed E-state index contributed by atoms with van der Waals surface area (Å²) in [6, 6.07) is 14.6. The molecule has 0 aromatic heterocycles. The van der Waals surface area contributed by atoms with Gasteiger partial charge in [0, 0.05) is 25.8 Å².